The van der Waals surface area contributed by atoms with Gasteiger partial charge >= 0.3 is 0 Å². The molecule has 2 N–H and O–H groups in total. The lowest BCUT2D eigenvalue weighted by Crippen LogP contribution is -2.39. The molecule has 5 heteroatoms. The normalized spacial score (nSPS) is 19.2. The van der Waals surface area contributed by atoms with E-state index in [1.807, 2.05) is 54.6 Å². The summed E-state index contributed by atoms with van der Waals surface area (Å²) in [5.74, 6) is 1.46. The second-order valence-electron chi connectivity index (χ2n) is 5.45. The van der Waals surface area contributed by atoms with Gasteiger partial charge in [-0.15, -0.1) is 0 Å². The summed E-state index contributed by atoms with van der Waals surface area (Å²) in [5.41, 5.74) is 1.63. The van der Waals surface area contributed by atoms with Crippen molar-refractivity contribution >= 4 is 17.2 Å². The van der Waals surface area contributed by atoms with Crippen molar-refractivity contribution in [3.8, 4) is 11.5 Å². The number of benzene rings is 2. The first-order chi connectivity index (χ1) is 11.7. The molecule has 0 saturated heterocycles. The van der Waals surface area contributed by atoms with E-state index in [1.165, 1.54) is 0 Å². The van der Waals surface area contributed by atoms with E-state index in [2.05, 4.69) is 10.6 Å². The van der Waals surface area contributed by atoms with Crippen molar-refractivity contribution in [3.05, 3.63) is 60.7 Å². The van der Waals surface area contributed by atoms with E-state index < -0.39 is 6.04 Å². The van der Waals surface area contributed by atoms with E-state index in [0.717, 1.165) is 17.1 Å². The SMILES string of the molecule is COc1ccccc1N[C@@H]1C=CC(=O)[C@@H]1Nc1ccccc1OC. The Kier molecular flexibility index (Phi) is 4.70. The number of methoxy groups -OCH3 is 2. The highest BCUT2D eigenvalue weighted by molar-refractivity contribution is 6.00. The molecule has 3 rings (SSSR count). The smallest absolute Gasteiger partial charge is 0.180 e. The molecule has 5 nitrogen and oxygen atoms in total. The highest BCUT2D eigenvalue weighted by atomic mass is 16.5. The van der Waals surface area contributed by atoms with Gasteiger partial charge in [-0.2, -0.15) is 0 Å². The molecule has 0 unspecified atom stereocenters. The number of nitrogens with one attached hydrogen (secondary N) is 2. The molecule has 1 aliphatic rings. The van der Waals surface area contributed by atoms with Crippen molar-refractivity contribution in [2.45, 2.75) is 12.1 Å². The average Bonchev–Trinajstić information content (AvgIpc) is 2.96. The second-order valence-corrected chi connectivity index (χ2v) is 5.45. The molecule has 2 atom stereocenters. The first-order valence-electron chi connectivity index (χ1n) is 7.74. The van der Waals surface area contributed by atoms with Crippen molar-refractivity contribution in [2.24, 2.45) is 0 Å². The average molecular weight is 324 g/mol. The fraction of sp³-hybridized carbons (Fsp3) is 0.211. The van der Waals surface area contributed by atoms with Crippen molar-refractivity contribution in [2.75, 3.05) is 24.9 Å². The maximum atomic E-state index is 12.3. The molecule has 0 heterocycles. The molecule has 2 aromatic rings. The predicted octanol–water partition coefficient (Wildman–Crippen LogP) is 3.10. The molecule has 2 aromatic carbocycles. The summed E-state index contributed by atoms with van der Waals surface area (Å²) in [6.07, 6.45) is 3.46. The lowest BCUT2D eigenvalue weighted by atomic mass is 10.1. The number of hydrogen-bond donors (Lipinski definition) is 2. The third kappa shape index (κ3) is 3.20. The number of para-hydroxylation sites is 4. The van der Waals surface area contributed by atoms with Gasteiger partial charge in [0.1, 0.15) is 17.5 Å². The molecule has 0 aliphatic heterocycles. The zero-order chi connectivity index (χ0) is 16.9. The molecule has 124 valence electrons. The van der Waals surface area contributed by atoms with Gasteiger partial charge in [0, 0.05) is 0 Å². The van der Waals surface area contributed by atoms with E-state index in [-0.39, 0.29) is 11.8 Å². The van der Waals surface area contributed by atoms with Crippen molar-refractivity contribution in [3.63, 3.8) is 0 Å². The van der Waals surface area contributed by atoms with Crippen LogP contribution >= 0.6 is 0 Å². The van der Waals surface area contributed by atoms with Crippen LogP contribution < -0.4 is 20.1 Å². The Morgan fingerprint density at radius 1 is 0.833 bits per heavy atom. The molecule has 0 saturated carbocycles. The van der Waals surface area contributed by atoms with Crippen LogP contribution in [0.1, 0.15) is 0 Å². The molecule has 24 heavy (non-hydrogen) atoms. The first kappa shape index (κ1) is 15.9. The Morgan fingerprint density at radius 3 is 1.96 bits per heavy atom. The lowest BCUT2D eigenvalue weighted by molar-refractivity contribution is -0.114. The van der Waals surface area contributed by atoms with Crippen LogP contribution in [-0.2, 0) is 4.79 Å². The summed E-state index contributed by atoms with van der Waals surface area (Å²) >= 11 is 0. The number of ether oxygens (including phenoxy) is 2. The standard InChI is InChI=1S/C19H20N2O3/c1-23-17-9-5-3-7-13(17)20-15-11-12-16(22)19(15)21-14-8-4-6-10-18(14)24-2/h3-12,15,19-21H,1-2H3/t15-,19-/m1/s1. The van der Waals surface area contributed by atoms with Gasteiger partial charge in [-0.3, -0.25) is 4.79 Å². The maximum absolute atomic E-state index is 12.3. The molecule has 0 radical (unpaired) electrons. The van der Waals surface area contributed by atoms with Crippen LogP contribution in [0.2, 0.25) is 0 Å². The number of hydrogen-bond acceptors (Lipinski definition) is 5. The summed E-state index contributed by atoms with van der Waals surface area (Å²) in [4.78, 5) is 12.3. The van der Waals surface area contributed by atoms with Gasteiger partial charge < -0.3 is 20.1 Å². The van der Waals surface area contributed by atoms with Gasteiger partial charge in [-0.05, 0) is 30.3 Å². The van der Waals surface area contributed by atoms with Gasteiger partial charge in [0.2, 0.25) is 0 Å². The Balaban J connectivity index is 1.80. The highest BCUT2D eigenvalue weighted by Crippen LogP contribution is 2.29. The maximum Gasteiger partial charge on any atom is 0.180 e. The third-order valence-electron chi connectivity index (χ3n) is 3.98. The minimum Gasteiger partial charge on any atom is -0.495 e. The summed E-state index contributed by atoms with van der Waals surface area (Å²) < 4.78 is 10.7. The van der Waals surface area contributed by atoms with Crippen molar-refractivity contribution in [1.82, 2.24) is 0 Å². The third-order valence-corrected chi connectivity index (χ3v) is 3.98. The number of carbonyl (C=O) groups is 1. The minimum atomic E-state index is -0.411. The quantitative estimate of drug-likeness (QED) is 0.855. The number of ketones is 1. The van der Waals surface area contributed by atoms with Crippen LogP contribution in [0.5, 0.6) is 11.5 Å². The van der Waals surface area contributed by atoms with Gasteiger partial charge in [-0.1, -0.05) is 30.3 Å². The fourth-order valence-corrected chi connectivity index (χ4v) is 2.76. The Labute approximate surface area is 141 Å². The molecule has 0 aromatic heterocycles. The zero-order valence-electron chi connectivity index (χ0n) is 13.7. The summed E-state index contributed by atoms with van der Waals surface area (Å²) in [6.45, 7) is 0. The molecule has 0 amide bonds. The van der Waals surface area contributed by atoms with Crippen LogP contribution in [0.4, 0.5) is 11.4 Å². The van der Waals surface area contributed by atoms with Crippen LogP contribution in [0.3, 0.4) is 0 Å². The number of rotatable bonds is 6. The lowest BCUT2D eigenvalue weighted by Gasteiger charge is -2.24. The molecular formula is C19H20N2O3. The van der Waals surface area contributed by atoms with Gasteiger partial charge in [0.25, 0.3) is 0 Å². The Hall–Kier alpha value is -2.95. The number of carbonyl (C=O) groups excluding carboxylic acids is 1. The topological polar surface area (TPSA) is 59.6 Å². The van der Waals surface area contributed by atoms with Crippen LogP contribution in [0.15, 0.2) is 60.7 Å². The van der Waals surface area contributed by atoms with Crippen molar-refractivity contribution < 1.29 is 14.3 Å². The summed E-state index contributed by atoms with van der Waals surface area (Å²) in [5, 5.41) is 6.64. The number of anilines is 2. The van der Waals surface area contributed by atoms with Crippen LogP contribution in [0.25, 0.3) is 0 Å². The summed E-state index contributed by atoms with van der Waals surface area (Å²) in [7, 11) is 3.24. The van der Waals surface area contributed by atoms with E-state index >= 15 is 0 Å². The predicted molar refractivity (Wildman–Crippen MR) is 95.0 cm³/mol. The van der Waals surface area contributed by atoms with E-state index in [4.69, 9.17) is 9.47 Å². The molecule has 0 spiro atoms. The van der Waals surface area contributed by atoms with Gasteiger partial charge in [-0.25, -0.2) is 0 Å². The van der Waals surface area contributed by atoms with Crippen molar-refractivity contribution in [1.29, 1.82) is 0 Å². The fourth-order valence-electron chi connectivity index (χ4n) is 2.76. The van der Waals surface area contributed by atoms with E-state index in [0.29, 0.717) is 5.75 Å². The van der Waals surface area contributed by atoms with Crippen LogP contribution in [-0.4, -0.2) is 32.1 Å². The van der Waals surface area contributed by atoms with Gasteiger partial charge in [0.15, 0.2) is 5.78 Å². The molecule has 1 aliphatic carbocycles. The molecule has 0 fully saturated rings. The largest absolute Gasteiger partial charge is 0.495 e. The summed E-state index contributed by atoms with van der Waals surface area (Å²) in [6, 6.07) is 14.6. The van der Waals surface area contributed by atoms with E-state index in [1.54, 1.807) is 20.3 Å². The van der Waals surface area contributed by atoms with E-state index in [9.17, 15) is 4.79 Å². The zero-order valence-corrected chi connectivity index (χ0v) is 13.7. The molecule has 0 bridgehead atoms. The minimum absolute atomic E-state index is 0.0216. The monoisotopic (exact) mass is 324 g/mol. The first-order valence-corrected chi connectivity index (χ1v) is 7.74. The Bertz CT molecular complexity index is 758. The van der Waals surface area contributed by atoms with Gasteiger partial charge in [0.05, 0.1) is 31.6 Å². The highest BCUT2D eigenvalue weighted by Gasteiger charge is 2.31. The van der Waals surface area contributed by atoms with Crippen LogP contribution in [0, 0.1) is 0 Å². The molecular weight excluding hydrogens is 304 g/mol. The second kappa shape index (κ2) is 7.08. The Morgan fingerprint density at radius 2 is 1.38 bits per heavy atom.